The number of nitrogens with zero attached hydrogens (tertiary/aromatic N) is 1. The van der Waals surface area contributed by atoms with E-state index in [4.69, 9.17) is 4.74 Å². The number of amides is 1. The average Bonchev–Trinajstić information content (AvgIpc) is 2.72. The van der Waals surface area contributed by atoms with Gasteiger partial charge in [0.25, 0.3) is 0 Å². The van der Waals surface area contributed by atoms with Gasteiger partial charge in [-0.2, -0.15) is 0 Å². The van der Waals surface area contributed by atoms with Crippen LogP contribution in [-0.2, 0) is 4.79 Å². The van der Waals surface area contributed by atoms with Crippen molar-refractivity contribution < 1.29 is 9.53 Å². The van der Waals surface area contributed by atoms with Gasteiger partial charge in [-0.15, -0.1) is 0 Å². The minimum Gasteiger partial charge on any atom is -0.494 e. The van der Waals surface area contributed by atoms with Crippen LogP contribution in [0.4, 0.5) is 5.69 Å². The minimum absolute atomic E-state index is 0.00912. The van der Waals surface area contributed by atoms with E-state index in [0.29, 0.717) is 19.4 Å². The zero-order valence-electron chi connectivity index (χ0n) is 18.0. The highest BCUT2D eigenvalue weighted by atomic mass is 16.5. The molecule has 1 aliphatic rings. The van der Waals surface area contributed by atoms with Gasteiger partial charge in [0.2, 0.25) is 5.91 Å². The van der Waals surface area contributed by atoms with E-state index in [0.717, 1.165) is 30.3 Å². The van der Waals surface area contributed by atoms with E-state index in [1.165, 1.54) is 24.1 Å². The molecule has 0 aromatic heterocycles. The van der Waals surface area contributed by atoms with Crippen LogP contribution < -0.4 is 15.0 Å². The van der Waals surface area contributed by atoms with Crippen molar-refractivity contribution in [1.29, 1.82) is 0 Å². The van der Waals surface area contributed by atoms with Crippen LogP contribution in [0.3, 0.4) is 0 Å². The Kier molecular flexibility index (Phi) is 7.56. The second-order valence-corrected chi connectivity index (χ2v) is 8.34. The molecule has 1 aliphatic heterocycles. The molecular formula is C25H34N2O2. The van der Waals surface area contributed by atoms with Crippen LogP contribution in [0.2, 0.25) is 0 Å². The fourth-order valence-electron chi connectivity index (χ4n) is 3.85. The third kappa shape index (κ3) is 6.52. The van der Waals surface area contributed by atoms with Crippen molar-refractivity contribution in [3.8, 4) is 5.75 Å². The van der Waals surface area contributed by atoms with Gasteiger partial charge in [0.05, 0.1) is 12.6 Å². The number of hydrogen-bond donors (Lipinski definition) is 1. The summed E-state index contributed by atoms with van der Waals surface area (Å²) in [4.78, 5) is 14.7. The average molecular weight is 395 g/mol. The predicted octanol–water partition coefficient (Wildman–Crippen LogP) is 5.27. The number of hydrogen-bond acceptors (Lipinski definition) is 3. The Hall–Kier alpha value is -2.49. The second-order valence-electron chi connectivity index (χ2n) is 8.34. The number of aryl methyl sites for hydroxylation is 1. The fraction of sp³-hybridized carbons (Fsp3) is 0.480. The van der Waals surface area contributed by atoms with Crippen molar-refractivity contribution >= 4 is 11.6 Å². The summed E-state index contributed by atoms with van der Waals surface area (Å²) in [6.07, 6.45) is 3.77. The van der Waals surface area contributed by atoms with Crippen molar-refractivity contribution in [3.05, 3.63) is 59.7 Å². The van der Waals surface area contributed by atoms with E-state index in [-0.39, 0.29) is 11.9 Å². The predicted molar refractivity (Wildman–Crippen MR) is 120 cm³/mol. The van der Waals surface area contributed by atoms with Gasteiger partial charge in [-0.25, -0.2) is 0 Å². The highest BCUT2D eigenvalue weighted by Crippen LogP contribution is 2.24. The number of nitrogens with one attached hydrogen (secondary N) is 1. The highest BCUT2D eigenvalue weighted by Gasteiger charge is 2.17. The Labute approximate surface area is 175 Å². The molecule has 2 aromatic rings. The molecule has 1 amide bonds. The van der Waals surface area contributed by atoms with Gasteiger partial charge < -0.3 is 15.0 Å². The molecule has 4 heteroatoms. The molecular weight excluding hydrogens is 360 g/mol. The summed E-state index contributed by atoms with van der Waals surface area (Å²) in [6.45, 7) is 9.24. The summed E-state index contributed by atoms with van der Waals surface area (Å²) < 4.78 is 5.69. The van der Waals surface area contributed by atoms with Crippen molar-refractivity contribution in [2.75, 3.05) is 24.6 Å². The van der Waals surface area contributed by atoms with Crippen LogP contribution in [0.15, 0.2) is 48.5 Å². The van der Waals surface area contributed by atoms with E-state index in [9.17, 15) is 4.79 Å². The van der Waals surface area contributed by atoms with Gasteiger partial charge in [0.15, 0.2) is 0 Å². The number of anilines is 1. The summed E-state index contributed by atoms with van der Waals surface area (Å²) in [6, 6.07) is 16.6. The van der Waals surface area contributed by atoms with E-state index >= 15 is 0 Å². The quantitative estimate of drug-likeness (QED) is 0.620. The molecule has 1 heterocycles. The maximum Gasteiger partial charge on any atom is 0.220 e. The summed E-state index contributed by atoms with van der Waals surface area (Å²) in [5.41, 5.74) is 3.64. The second kappa shape index (κ2) is 10.3. The molecule has 2 atom stereocenters. The third-order valence-corrected chi connectivity index (χ3v) is 5.63. The maximum atomic E-state index is 12.3. The van der Waals surface area contributed by atoms with E-state index < -0.39 is 0 Å². The van der Waals surface area contributed by atoms with Crippen LogP contribution in [0.1, 0.15) is 56.7 Å². The van der Waals surface area contributed by atoms with Gasteiger partial charge in [0.1, 0.15) is 5.75 Å². The van der Waals surface area contributed by atoms with Crippen LogP contribution in [0, 0.1) is 12.8 Å². The molecule has 1 fully saturated rings. The lowest BCUT2D eigenvalue weighted by atomic mass is 9.99. The maximum absolute atomic E-state index is 12.3. The monoisotopic (exact) mass is 394 g/mol. The van der Waals surface area contributed by atoms with E-state index in [2.05, 4.69) is 48.3 Å². The Morgan fingerprint density at radius 2 is 1.90 bits per heavy atom. The zero-order valence-corrected chi connectivity index (χ0v) is 18.0. The van der Waals surface area contributed by atoms with Gasteiger partial charge in [-0.05, 0) is 68.9 Å². The lowest BCUT2D eigenvalue weighted by Crippen LogP contribution is -2.34. The van der Waals surface area contributed by atoms with Crippen molar-refractivity contribution in [1.82, 2.24) is 5.32 Å². The first-order valence-corrected chi connectivity index (χ1v) is 10.8. The largest absolute Gasteiger partial charge is 0.494 e. The smallest absolute Gasteiger partial charge is 0.220 e. The van der Waals surface area contributed by atoms with E-state index in [1.807, 2.05) is 31.2 Å². The molecule has 2 aromatic carbocycles. The van der Waals surface area contributed by atoms with Crippen LogP contribution in [-0.4, -0.2) is 25.6 Å². The lowest BCUT2D eigenvalue weighted by Gasteiger charge is -2.33. The summed E-state index contributed by atoms with van der Waals surface area (Å²) in [7, 11) is 0. The van der Waals surface area contributed by atoms with Gasteiger partial charge in [0, 0.05) is 25.2 Å². The standard InChI is InChI=1S/C25H34N2O2/c1-19-8-14-24(15-9-19)29-17-5-7-25(28)26-21(3)22-10-12-23(13-11-22)27-16-4-6-20(2)18-27/h8-15,20-21H,4-7,16-18H2,1-3H3,(H,26,28)/t20-,21+/m1/s1. The molecule has 0 saturated carbocycles. The number of benzene rings is 2. The Morgan fingerprint density at radius 1 is 1.17 bits per heavy atom. The number of piperidine rings is 1. The zero-order chi connectivity index (χ0) is 20.6. The normalized spacial score (nSPS) is 17.6. The van der Waals surface area contributed by atoms with Crippen LogP contribution >= 0.6 is 0 Å². The van der Waals surface area contributed by atoms with Crippen molar-refractivity contribution in [2.24, 2.45) is 5.92 Å². The first-order chi connectivity index (χ1) is 14.0. The van der Waals surface area contributed by atoms with Crippen LogP contribution in [0.5, 0.6) is 5.75 Å². The topological polar surface area (TPSA) is 41.6 Å². The molecule has 0 bridgehead atoms. The molecule has 0 spiro atoms. The van der Waals surface area contributed by atoms with Gasteiger partial charge in [-0.3, -0.25) is 4.79 Å². The molecule has 1 saturated heterocycles. The summed E-state index contributed by atoms with van der Waals surface area (Å²) in [5.74, 6) is 1.68. The molecule has 156 valence electrons. The van der Waals surface area contributed by atoms with Crippen molar-refractivity contribution in [2.45, 2.75) is 52.5 Å². The number of carbonyl (C=O) groups is 1. The van der Waals surface area contributed by atoms with Crippen molar-refractivity contribution in [3.63, 3.8) is 0 Å². The van der Waals surface area contributed by atoms with Gasteiger partial charge >= 0.3 is 0 Å². The third-order valence-electron chi connectivity index (χ3n) is 5.63. The van der Waals surface area contributed by atoms with E-state index in [1.54, 1.807) is 0 Å². The Bertz CT molecular complexity index is 770. The number of carbonyl (C=O) groups excluding carboxylic acids is 1. The Balaban J connectivity index is 1.40. The van der Waals surface area contributed by atoms with Gasteiger partial charge in [-0.1, -0.05) is 36.8 Å². The number of ether oxygens (including phenoxy) is 1. The SMILES string of the molecule is Cc1ccc(OCCCC(=O)N[C@@H](C)c2ccc(N3CCC[C@@H](C)C3)cc2)cc1. The highest BCUT2D eigenvalue weighted by molar-refractivity contribution is 5.76. The molecule has 29 heavy (non-hydrogen) atoms. The molecule has 3 rings (SSSR count). The molecule has 0 aliphatic carbocycles. The molecule has 0 unspecified atom stereocenters. The lowest BCUT2D eigenvalue weighted by molar-refractivity contribution is -0.121. The first kappa shape index (κ1) is 21.2. The summed E-state index contributed by atoms with van der Waals surface area (Å²) >= 11 is 0. The molecule has 4 nitrogen and oxygen atoms in total. The fourth-order valence-corrected chi connectivity index (χ4v) is 3.85. The minimum atomic E-state index is 0.00912. The first-order valence-electron chi connectivity index (χ1n) is 10.8. The Morgan fingerprint density at radius 3 is 2.59 bits per heavy atom. The molecule has 0 radical (unpaired) electrons. The summed E-state index contributed by atoms with van der Waals surface area (Å²) in [5, 5.41) is 3.10. The number of rotatable bonds is 8. The molecule has 1 N–H and O–H groups in total. The van der Waals surface area contributed by atoms with Crippen LogP contribution in [0.25, 0.3) is 0 Å².